The summed E-state index contributed by atoms with van der Waals surface area (Å²) in [6.07, 6.45) is 6.23. The molecular weight excluding hydrogens is 314 g/mol. The average Bonchev–Trinajstić information content (AvgIpc) is 2.97. The summed E-state index contributed by atoms with van der Waals surface area (Å²) < 4.78 is 7.55. The van der Waals surface area contributed by atoms with E-state index in [0.717, 1.165) is 47.8 Å². The lowest BCUT2D eigenvalue weighted by molar-refractivity contribution is -0.115. The molecule has 2 aromatic heterocycles. The van der Waals surface area contributed by atoms with Crippen LogP contribution in [-0.2, 0) is 11.2 Å². The van der Waals surface area contributed by atoms with Crippen LogP contribution in [0.15, 0.2) is 48.8 Å². The van der Waals surface area contributed by atoms with Gasteiger partial charge < -0.3 is 14.5 Å². The lowest BCUT2D eigenvalue weighted by Gasteiger charge is -2.07. The average molecular weight is 337 g/mol. The van der Waals surface area contributed by atoms with Crippen LogP contribution in [0.3, 0.4) is 0 Å². The first-order chi connectivity index (χ1) is 12.1. The highest BCUT2D eigenvalue weighted by Gasteiger charge is 2.08. The number of carbonyl (C=O) groups is 1. The first-order valence-electron chi connectivity index (χ1n) is 8.61. The van der Waals surface area contributed by atoms with Crippen LogP contribution < -0.4 is 10.1 Å². The van der Waals surface area contributed by atoms with E-state index >= 15 is 0 Å². The van der Waals surface area contributed by atoms with Crippen molar-refractivity contribution in [3.8, 4) is 5.75 Å². The zero-order valence-corrected chi connectivity index (χ0v) is 14.7. The van der Waals surface area contributed by atoms with Crippen molar-refractivity contribution >= 4 is 17.2 Å². The Morgan fingerprint density at radius 2 is 2.04 bits per heavy atom. The summed E-state index contributed by atoms with van der Waals surface area (Å²) in [5, 5.41) is 2.90. The molecule has 1 amide bonds. The number of nitrogens with zero attached hydrogens (tertiary/aromatic N) is 2. The van der Waals surface area contributed by atoms with Crippen LogP contribution in [0.1, 0.15) is 31.0 Å². The maximum absolute atomic E-state index is 12.2. The van der Waals surface area contributed by atoms with Gasteiger partial charge in [-0.25, -0.2) is 4.98 Å². The molecule has 25 heavy (non-hydrogen) atoms. The fourth-order valence-electron chi connectivity index (χ4n) is 2.56. The third kappa shape index (κ3) is 4.59. The normalized spacial score (nSPS) is 10.8. The molecule has 0 fully saturated rings. The summed E-state index contributed by atoms with van der Waals surface area (Å²) in [5.41, 5.74) is 3.52. The van der Waals surface area contributed by atoms with Crippen molar-refractivity contribution in [3.63, 3.8) is 0 Å². The van der Waals surface area contributed by atoms with Crippen molar-refractivity contribution in [1.82, 2.24) is 9.38 Å². The van der Waals surface area contributed by atoms with Crippen LogP contribution >= 0.6 is 0 Å². The van der Waals surface area contributed by atoms with Gasteiger partial charge in [-0.2, -0.15) is 0 Å². The molecule has 0 aliphatic rings. The maximum Gasteiger partial charge on any atom is 0.230 e. The first kappa shape index (κ1) is 17.0. The summed E-state index contributed by atoms with van der Waals surface area (Å²) in [5.74, 6) is 0.738. The number of hydrogen-bond acceptors (Lipinski definition) is 3. The zero-order valence-electron chi connectivity index (χ0n) is 14.7. The molecule has 0 aliphatic carbocycles. The summed E-state index contributed by atoms with van der Waals surface area (Å²) in [7, 11) is 0. The second kappa shape index (κ2) is 7.83. The Kier molecular flexibility index (Phi) is 5.33. The number of ether oxygens (including phenoxy) is 1. The number of aromatic nitrogens is 2. The second-order valence-corrected chi connectivity index (χ2v) is 6.15. The molecule has 0 aliphatic heterocycles. The quantitative estimate of drug-likeness (QED) is 0.663. The van der Waals surface area contributed by atoms with Crippen molar-refractivity contribution in [3.05, 3.63) is 60.0 Å². The first-order valence-corrected chi connectivity index (χ1v) is 8.61. The Labute approximate surface area is 147 Å². The molecule has 0 bridgehead atoms. The van der Waals surface area contributed by atoms with E-state index in [-0.39, 0.29) is 12.3 Å². The second-order valence-electron chi connectivity index (χ2n) is 6.15. The molecule has 0 radical (unpaired) electrons. The van der Waals surface area contributed by atoms with Crippen LogP contribution in [0.2, 0.25) is 0 Å². The van der Waals surface area contributed by atoms with E-state index in [1.54, 1.807) is 0 Å². The van der Waals surface area contributed by atoms with Crippen LogP contribution in [0.4, 0.5) is 5.69 Å². The standard InChI is InChI=1S/C20H23N3O2/c1-3-4-11-25-18-7-5-16(6-8-18)22-20(24)13-17-14-23-10-9-15(2)12-19(23)21-17/h5-10,12,14H,3-4,11,13H2,1-2H3,(H,22,24). The third-order valence-corrected chi connectivity index (χ3v) is 3.91. The molecule has 0 unspecified atom stereocenters. The predicted molar refractivity (Wildman–Crippen MR) is 99.1 cm³/mol. The van der Waals surface area contributed by atoms with E-state index in [1.807, 2.05) is 60.1 Å². The van der Waals surface area contributed by atoms with E-state index in [9.17, 15) is 4.79 Å². The van der Waals surface area contributed by atoms with Crippen LogP contribution in [0, 0.1) is 6.92 Å². The van der Waals surface area contributed by atoms with E-state index in [4.69, 9.17) is 4.74 Å². The van der Waals surface area contributed by atoms with Gasteiger partial charge in [-0.3, -0.25) is 4.79 Å². The molecule has 0 saturated heterocycles. The number of pyridine rings is 1. The zero-order chi connectivity index (χ0) is 17.6. The highest BCUT2D eigenvalue weighted by atomic mass is 16.5. The third-order valence-electron chi connectivity index (χ3n) is 3.91. The number of imidazole rings is 1. The summed E-state index contributed by atoms with van der Waals surface area (Å²) in [6.45, 7) is 4.87. The number of aryl methyl sites for hydroxylation is 1. The van der Waals surface area contributed by atoms with Gasteiger partial charge in [0.05, 0.1) is 18.7 Å². The van der Waals surface area contributed by atoms with Crippen molar-refractivity contribution in [1.29, 1.82) is 0 Å². The lowest BCUT2D eigenvalue weighted by atomic mass is 10.2. The number of anilines is 1. The van der Waals surface area contributed by atoms with Crippen LogP contribution in [-0.4, -0.2) is 21.9 Å². The molecule has 1 N–H and O–H groups in total. The number of carbonyl (C=O) groups excluding carboxylic acids is 1. The van der Waals surface area contributed by atoms with Gasteiger partial charge >= 0.3 is 0 Å². The topological polar surface area (TPSA) is 55.6 Å². The van der Waals surface area contributed by atoms with Crippen molar-refractivity contribution in [2.45, 2.75) is 33.1 Å². The fourth-order valence-corrected chi connectivity index (χ4v) is 2.56. The highest BCUT2D eigenvalue weighted by Crippen LogP contribution is 2.16. The SMILES string of the molecule is CCCCOc1ccc(NC(=O)Cc2cn3ccc(C)cc3n2)cc1. The van der Waals surface area contributed by atoms with Crippen molar-refractivity contribution in [2.75, 3.05) is 11.9 Å². The van der Waals surface area contributed by atoms with Gasteiger partial charge in [-0.15, -0.1) is 0 Å². The summed E-state index contributed by atoms with van der Waals surface area (Å²) in [4.78, 5) is 16.7. The monoisotopic (exact) mass is 337 g/mol. The van der Waals surface area contributed by atoms with Gasteiger partial charge in [0.2, 0.25) is 5.91 Å². The van der Waals surface area contributed by atoms with E-state index in [0.29, 0.717) is 0 Å². The minimum Gasteiger partial charge on any atom is -0.494 e. The highest BCUT2D eigenvalue weighted by molar-refractivity contribution is 5.92. The number of nitrogens with one attached hydrogen (secondary N) is 1. The summed E-state index contributed by atoms with van der Waals surface area (Å²) >= 11 is 0. The largest absolute Gasteiger partial charge is 0.494 e. The molecule has 0 atom stereocenters. The molecule has 130 valence electrons. The maximum atomic E-state index is 12.2. The van der Waals surface area contributed by atoms with E-state index in [1.165, 1.54) is 0 Å². The molecule has 0 spiro atoms. The Bertz CT molecular complexity index is 853. The minimum atomic E-state index is -0.0835. The van der Waals surface area contributed by atoms with E-state index in [2.05, 4.69) is 17.2 Å². The Hall–Kier alpha value is -2.82. The molecule has 1 aromatic carbocycles. The Morgan fingerprint density at radius 3 is 2.80 bits per heavy atom. The summed E-state index contributed by atoms with van der Waals surface area (Å²) in [6, 6.07) is 11.5. The molecule has 5 nitrogen and oxygen atoms in total. The van der Waals surface area contributed by atoms with E-state index < -0.39 is 0 Å². The van der Waals surface area contributed by atoms with Gasteiger partial charge in [0.1, 0.15) is 11.4 Å². The van der Waals surface area contributed by atoms with Gasteiger partial charge in [0.25, 0.3) is 0 Å². The number of unbranched alkanes of at least 4 members (excludes halogenated alkanes) is 1. The molecule has 3 rings (SSSR count). The van der Waals surface area contributed by atoms with Crippen LogP contribution in [0.5, 0.6) is 5.75 Å². The van der Waals surface area contributed by atoms with Gasteiger partial charge in [0.15, 0.2) is 0 Å². The number of benzene rings is 1. The molecular formula is C20H23N3O2. The van der Waals surface area contributed by atoms with Gasteiger partial charge in [-0.05, 0) is 55.3 Å². The number of rotatable bonds is 7. The van der Waals surface area contributed by atoms with Crippen molar-refractivity contribution < 1.29 is 9.53 Å². The van der Waals surface area contributed by atoms with Gasteiger partial charge in [0, 0.05) is 18.1 Å². The number of fused-ring (bicyclic) bond motifs is 1. The number of amides is 1. The number of hydrogen-bond donors (Lipinski definition) is 1. The van der Waals surface area contributed by atoms with Crippen LogP contribution in [0.25, 0.3) is 5.65 Å². The Balaban J connectivity index is 1.57. The predicted octanol–water partition coefficient (Wildman–Crippen LogP) is 4.00. The minimum absolute atomic E-state index is 0.0835. The van der Waals surface area contributed by atoms with Gasteiger partial charge in [-0.1, -0.05) is 13.3 Å². The smallest absolute Gasteiger partial charge is 0.230 e. The molecule has 0 saturated carbocycles. The Morgan fingerprint density at radius 1 is 1.24 bits per heavy atom. The molecule has 3 aromatic rings. The lowest BCUT2D eigenvalue weighted by Crippen LogP contribution is -2.14. The van der Waals surface area contributed by atoms with Crippen molar-refractivity contribution in [2.24, 2.45) is 0 Å². The molecule has 2 heterocycles. The fraction of sp³-hybridized carbons (Fsp3) is 0.300. The molecule has 5 heteroatoms.